The highest BCUT2D eigenvalue weighted by atomic mass is 16.6. The van der Waals surface area contributed by atoms with Crippen molar-refractivity contribution >= 4 is 18.0 Å². The molecule has 0 aromatic heterocycles. The van der Waals surface area contributed by atoms with E-state index in [1.807, 2.05) is 21.9 Å². The fourth-order valence-corrected chi connectivity index (χ4v) is 7.42. The monoisotopic (exact) mass is 650 g/mol. The van der Waals surface area contributed by atoms with E-state index in [0.717, 1.165) is 102 Å². The Morgan fingerprint density at radius 1 is 0.915 bits per heavy atom. The lowest BCUT2D eigenvalue weighted by Crippen LogP contribution is -2.53. The molecule has 3 fully saturated rings. The van der Waals surface area contributed by atoms with Crippen molar-refractivity contribution in [1.29, 1.82) is 0 Å². The lowest BCUT2D eigenvalue weighted by Gasteiger charge is -2.40. The fraction of sp³-hybridized carbons (Fsp3) is 0.639. The summed E-state index contributed by atoms with van der Waals surface area (Å²) in [7, 11) is 0. The van der Waals surface area contributed by atoms with E-state index in [2.05, 4.69) is 47.6 Å². The zero-order valence-electron chi connectivity index (χ0n) is 28.3. The minimum absolute atomic E-state index is 0.0253. The normalized spacial score (nSPS) is 21.4. The molecule has 0 bridgehead atoms. The Morgan fingerprint density at radius 3 is 2.32 bits per heavy atom. The van der Waals surface area contributed by atoms with Crippen LogP contribution >= 0.6 is 0 Å². The van der Waals surface area contributed by atoms with Crippen LogP contribution in [0.3, 0.4) is 0 Å². The van der Waals surface area contributed by atoms with E-state index in [-0.39, 0.29) is 31.2 Å². The number of carbonyl (C=O) groups excluding carboxylic acids is 3. The number of hydrogen-bond acceptors (Lipinski definition) is 7. The van der Waals surface area contributed by atoms with E-state index in [1.54, 1.807) is 4.90 Å². The zero-order valence-corrected chi connectivity index (χ0v) is 28.3. The Hall–Kier alpha value is -3.41. The Morgan fingerprint density at radius 2 is 1.62 bits per heavy atom. The van der Waals surface area contributed by atoms with Gasteiger partial charge in [0.05, 0.1) is 6.61 Å². The largest absolute Gasteiger partial charge is 0.439 e. The number of urea groups is 1. The minimum Gasteiger partial charge on any atom is -0.439 e. The quantitative estimate of drug-likeness (QED) is 0.431. The summed E-state index contributed by atoms with van der Waals surface area (Å²) < 4.78 is 5.40. The maximum atomic E-state index is 12.8. The van der Waals surface area contributed by atoms with Gasteiger partial charge < -0.3 is 35.2 Å². The van der Waals surface area contributed by atoms with E-state index in [0.29, 0.717) is 25.7 Å². The number of nitrogens with zero attached hydrogens (tertiary/aromatic N) is 4. The number of allylic oxidation sites excluding steroid dienone is 3. The molecular weight excluding hydrogens is 596 g/mol. The zero-order chi connectivity index (χ0) is 33.2. The predicted molar refractivity (Wildman–Crippen MR) is 182 cm³/mol. The molecule has 11 nitrogen and oxygen atoms in total. The molecular formula is C36H54N6O5. The van der Waals surface area contributed by atoms with E-state index >= 15 is 0 Å². The molecule has 0 saturated carbocycles. The SMILES string of the molecule is CCc1cc(C)ccc1CO.O=C(COC(=O)N1CCC(N2CCC3=C(CCC=C3)NC2=O)CC1)N1CCC(N2CCNCC2)CC1. The lowest BCUT2D eigenvalue weighted by molar-refractivity contribution is -0.136. The fourth-order valence-electron chi connectivity index (χ4n) is 7.42. The topological polar surface area (TPSA) is 118 Å². The van der Waals surface area contributed by atoms with Crippen molar-refractivity contribution in [3.8, 4) is 0 Å². The molecule has 1 aliphatic carbocycles. The Labute approximate surface area is 280 Å². The Bertz CT molecular complexity index is 1290. The molecule has 0 atom stereocenters. The number of nitrogens with one attached hydrogen (secondary N) is 2. The highest BCUT2D eigenvalue weighted by molar-refractivity contribution is 5.80. The number of piperidine rings is 2. The van der Waals surface area contributed by atoms with Crippen LogP contribution in [0, 0.1) is 6.92 Å². The first-order chi connectivity index (χ1) is 22.9. The van der Waals surface area contributed by atoms with Crippen LogP contribution in [0.1, 0.15) is 68.6 Å². The molecule has 4 aliphatic heterocycles. The molecule has 1 aromatic carbocycles. The Balaban J connectivity index is 0.000000335. The summed E-state index contributed by atoms with van der Waals surface area (Å²) in [6.45, 7) is 11.6. The van der Waals surface area contributed by atoms with Crippen molar-refractivity contribution in [2.75, 3.05) is 65.5 Å². The van der Waals surface area contributed by atoms with Crippen molar-refractivity contribution < 1.29 is 24.2 Å². The first-order valence-corrected chi connectivity index (χ1v) is 17.7. The van der Waals surface area contributed by atoms with Gasteiger partial charge in [-0.2, -0.15) is 0 Å². The molecule has 4 heterocycles. The standard InChI is InChI=1S/C26H40N6O4.C10H14O/c33-24(30-12-6-21(7-13-30)29-17-10-27-11-18-29)19-36-26(35)31-14-8-22(9-15-31)32-16-5-20-3-1-2-4-23(20)28-25(32)34;1-3-9-6-8(2)4-5-10(9)7-11/h1,3,21-22,27H,2,4-19H2,(H,28,34);4-6,11H,3,7H2,1-2H3. The van der Waals surface area contributed by atoms with Crippen LogP contribution in [0.25, 0.3) is 0 Å². The number of aliphatic hydroxyl groups is 1. The van der Waals surface area contributed by atoms with Crippen LogP contribution in [0.15, 0.2) is 41.6 Å². The third-order valence-corrected chi connectivity index (χ3v) is 10.3. The predicted octanol–water partition coefficient (Wildman–Crippen LogP) is 3.55. The molecule has 3 N–H and O–H groups in total. The minimum atomic E-state index is -0.430. The van der Waals surface area contributed by atoms with Crippen LogP contribution in [-0.2, 0) is 22.6 Å². The summed E-state index contributed by atoms with van der Waals surface area (Å²) in [4.78, 5) is 46.1. The summed E-state index contributed by atoms with van der Waals surface area (Å²) in [5.41, 5.74) is 5.86. The maximum absolute atomic E-state index is 12.8. The van der Waals surface area contributed by atoms with Gasteiger partial charge in [-0.25, -0.2) is 9.59 Å². The van der Waals surface area contributed by atoms with Crippen molar-refractivity contribution in [1.82, 2.24) is 30.2 Å². The average molecular weight is 651 g/mol. The first kappa shape index (κ1) is 34.9. The number of piperazine rings is 1. The number of amides is 4. The molecule has 3 saturated heterocycles. The number of benzene rings is 1. The summed E-state index contributed by atoms with van der Waals surface area (Å²) >= 11 is 0. The van der Waals surface area contributed by atoms with Gasteiger partial charge in [0, 0.05) is 76.7 Å². The molecule has 0 unspecified atom stereocenters. The number of aliphatic hydroxyl groups excluding tert-OH is 1. The lowest BCUT2D eigenvalue weighted by atomic mass is 10.0. The van der Waals surface area contributed by atoms with Gasteiger partial charge in [0.15, 0.2) is 6.61 Å². The molecule has 0 radical (unpaired) electrons. The van der Waals surface area contributed by atoms with Crippen molar-refractivity contribution in [2.45, 2.75) is 83.9 Å². The van der Waals surface area contributed by atoms with Gasteiger partial charge >= 0.3 is 12.1 Å². The van der Waals surface area contributed by atoms with Crippen LogP contribution in [-0.4, -0.2) is 120 Å². The second kappa shape index (κ2) is 17.1. The van der Waals surface area contributed by atoms with Crippen LogP contribution < -0.4 is 10.6 Å². The van der Waals surface area contributed by atoms with Gasteiger partial charge in [-0.15, -0.1) is 0 Å². The molecule has 258 valence electrons. The molecule has 5 aliphatic rings. The first-order valence-electron chi connectivity index (χ1n) is 17.7. The average Bonchev–Trinajstić information content (AvgIpc) is 3.29. The van der Waals surface area contributed by atoms with Crippen LogP contribution in [0.4, 0.5) is 9.59 Å². The van der Waals surface area contributed by atoms with Crippen molar-refractivity contribution in [2.24, 2.45) is 0 Å². The molecule has 0 spiro atoms. The number of carbonyl (C=O) groups is 3. The number of rotatable bonds is 6. The number of likely N-dealkylation sites (tertiary alicyclic amines) is 2. The van der Waals surface area contributed by atoms with Crippen molar-refractivity contribution in [3.05, 3.63) is 58.3 Å². The third kappa shape index (κ3) is 9.36. The van der Waals surface area contributed by atoms with E-state index in [4.69, 9.17) is 9.84 Å². The third-order valence-electron chi connectivity index (χ3n) is 10.3. The molecule has 4 amide bonds. The highest BCUT2D eigenvalue weighted by Crippen LogP contribution is 2.26. The summed E-state index contributed by atoms with van der Waals surface area (Å²) in [6.07, 6.45) is 11.0. The Kier molecular flexibility index (Phi) is 12.7. The summed E-state index contributed by atoms with van der Waals surface area (Å²) in [5.74, 6) is -0.108. The van der Waals surface area contributed by atoms with E-state index in [9.17, 15) is 14.4 Å². The molecule has 1 aromatic rings. The number of ether oxygens (including phenoxy) is 1. The van der Waals surface area contributed by atoms with Crippen molar-refractivity contribution in [3.63, 3.8) is 0 Å². The van der Waals surface area contributed by atoms with Gasteiger partial charge in [-0.1, -0.05) is 42.8 Å². The maximum Gasteiger partial charge on any atom is 0.410 e. The summed E-state index contributed by atoms with van der Waals surface area (Å²) in [6, 6.07) is 6.79. The summed E-state index contributed by atoms with van der Waals surface area (Å²) in [5, 5.41) is 15.4. The smallest absolute Gasteiger partial charge is 0.410 e. The second-order valence-electron chi connectivity index (χ2n) is 13.3. The molecule has 47 heavy (non-hydrogen) atoms. The van der Waals surface area contributed by atoms with Gasteiger partial charge in [0.1, 0.15) is 0 Å². The molecule has 6 rings (SSSR count). The van der Waals surface area contributed by atoms with Gasteiger partial charge in [-0.05, 0) is 75.0 Å². The van der Waals surface area contributed by atoms with Crippen LogP contribution in [0.5, 0.6) is 0 Å². The van der Waals surface area contributed by atoms with E-state index in [1.165, 1.54) is 16.7 Å². The van der Waals surface area contributed by atoms with E-state index < -0.39 is 6.09 Å². The van der Waals surface area contributed by atoms with Gasteiger partial charge in [0.25, 0.3) is 5.91 Å². The number of hydrogen-bond donors (Lipinski definition) is 3. The highest BCUT2D eigenvalue weighted by Gasteiger charge is 2.33. The second-order valence-corrected chi connectivity index (χ2v) is 13.3. The van der Waals surface area contributed by atoms with Gasteiger partial charge in [-0.3, -0.25) is 9.69 Å². The van der Waals surface area contributed by atoms with Gasteiger partial charge in [0.2, 0.25) is 0 Å². The van der Waals surface area contributed by atoms with Crippen LogP contribution in [0.2, 0.25) is 0 Å². The molecule has 11 heteroatoms. The number of aryl methyl sites for hydroxylation is 2.